The Morgan fingerprint density at radius 3 is 0.939 bits per heavy atom. The van der Waals surface area contributed by atoms with E-state index >= 15 is 0 Å². The topological polar surface area (TPSA) is 66.4 Å². The summed E-state index contributed by atoms with van der Waals surface area (Å²) >= 11 is 0. The highest BCUT2D eigenvalue weighted by Gasteiger charge is 1.98. The van der Waals surface area contributed by atoms with E-state index in [4.69, 9.17) is 9.90 Å². The minimum atomic E-state index is -0.833. The third-order valence-corrected chi connectivity index (χ3v) is 6.29. The summed E-state index contributed by atoms with van der Waals surface area (Å²) in [4.78, 5) is 20.1. The number of hydrogen-bond donors (Lipinski definition) is 2. The SMILES string of the molecule is CC(=O)O.CCCCCCCCCCCCCCCCCCCCCCCCCC(=O)NC. The van der Waals surface area contributed by atoms with Crippen molar-refractivity contribution in [3.63, 3.8) is 0 Å². The van der Waals surface area contributed by atoms with Crippen LogP contribution in [0.25, 0.3) is 0 Å². The molecule has 198 valence electrons. The highest BCUT2D eigenvalue weighted by atomic mass is 16.4. The van der Waals surface area contributed by atoms with Crippen LogP contribution >= 0.6 is 0 Å². The third-order valence-electron chi connectivity index (χ3n) is 6.29. The monoisotopic (exact) mass is 469 g/mol. The van der Waals surface area contributed by atoms with Crippen molar-refractivity contribution in [3.8, 4) is 0 Å². The third kappa shape index (κ3) is 38.5. The number of amides is 1. The van der Waals surface area contributed by atoms with E-state index in [1.807, 2.05) is 0 Å². The molecule has 0 saturated heterocycles. The molecule has 33 heavy (non-hydrogen) atoms. The van der Waals surface area contributed by atoms with E-state index in [9.17, 15) is 4.79 Å². The molecule has 4 nitrogen and oxygen atoms in total. The summed E-state index contributed by atoms with van der Waals surface area (Å²) in [6.45, 7) is 3.38. The molecule has 0 fully saturated rings. The molecule has 1 amide bonds. The van der Waals surface area contributed by atoms with Crippen LogP contribution in [-0.2, 0) is 9.59 Å². The van der Waals surface area contributed by atoms with Gasteiger partial charge in [-0.2, -0.15) is 0 Å². The predicted molar refractivity (Wildman–Crippen MR) is 144 cm³/mol. The van der Waals surface area contributed by atoms with Crippen molar-refractivity contribution in [1.82, 2.24) is 5.32 Å². The fourth-order valence-electron chi connectivity index (χ4n) is 4.20. The first-order chi connectivity index (χ1) is 16.0. The highest BCUT2D eigenvalue weighted by molar-refractivity contribution is 5.75. The number of carbonyl (C=O) groups is 2. The van der Waals surface area contributed by atoms with Gasteiger partial charge in [0.25, 0.3) is 5.97 Å². The molecule has 0 aromatic heterocycles. The van der Waals surface area contributed by atoms with Crippen molar-refractivity contribution in [2.75, 3.05) is 7.05 Å². The second kappa shape index (κ2) is 30.9. The fourth-order valence-corrected chi connectivity index (χ4v) is 4.20. The first kappa shape index (κ1) is 34.1. The summed E-state index contributed by atoms with van der Waals surface area (Å²) in [7, 11) is 1.72. The van der Waals surface area contributed by atoms with E-state index in [1.165, 1.54) is 141 Å². The van der Waals surface area contributed by atoms with Crippen molar-refractivity contribution >= 4 is 11.9 Å². The van der Waals surface area contributed by atoms with E-state index in [2.05, 4.69) is 12.2 Å². The van der Waals surface area contributed by atoms with Crippen LogP contribution in [0.2, 0.25) is 0 Å². The van der Waals surface area contributed by atoms with Gasteiger partial charge in [0.15, 0.2) is 0 Å². The number of rotatable bonds is 24. The van der Waals surface area contributed by atoms with Crippen LogP contribution in [0, 0.1) is 0 Å². The van der Waals surface area contributed by atoms with Gasteiger partial charge in [-0.15, -0.1) is 0 Å². The maximum Gasteiger partial charge on any atom is 0.300 e. The number of nitrogens with one attached hydrogen (secondary N) is 1. The van der Waals surface area contributed by atoms with Gasteiger partial charge < -0.3 is 10.4 Å². The number of carbonyl (C=O) groups excluding carboxylic acids is 1. The van der Waals surface area contributed by atoms with Crippen LogP contribution < -0.4 is 5.32 Å². The summed E-state index contributed by atoms with van der Waals surface area (Å²) in [6.07, 6.45) is 33.2. The van der Waals surface area contributed by atoms with Crippen molar-refractivity contribution in [3.05, 3.63) is 0 Å². The first-order valence-corrected chi connectivity index (χ1v) is 14.4. The van der Waals surface area contributed by atoms with Crippen LogP contribution in [0.3, 0.4) is 0 Å². The molecule has 0 radical (unpaired) electrons. The fraction of sp³-hybridized carbons (Fsp3) is 0.931. The minimum Gasteiger partial charge on any atom is -0.481 e. The maximum absolute atomic E-state index is 11.1. The zero-order valence-electron chi connectivity index (χ0n) is 22.7. The standard InChI is InChI=1S/C27H55NO.C2H4O2/c1-3-4-5-6-7-8-9-10-11-12-13-14-15-16-17-18-19-20-21-22-23-24-25-26-27(29)28-2;1-2(3)4/h3-26H2,1-2H3,(H,28,29);1H3,(H,3,4). The van der Waals surface area contributed by atoms with E-state index in [-0.39, 0.29) is 5.91 Å². The van der Waals surface area contributed by atoms with Gasteiger partial charge in [0, 0.05) is 20.4 Å². The molecule has 0 aliphatic carbocycles. The maximum atomic E-state index is 11.1. The molecule has 0 spiro atoms. The largest absolute Gasteiger partial charge is 0.481 e. The summed E-state index contributed by atoms with van der Waals surface area (Å²) < 4.78 is 0. The summed E-state index contributed by atoms with van der Waals surface area (Å²) in [6, 6.07) is 0. The second-order valence-corrected chi connectivity index (χ2v) is 9.72. The minimum absolute atomic E-state index is 0.188. The number of unbranched alkanes of at least 4 members (excludes halogenated alkanes) is 22. The Kier molecular flexibility index (Phi) is 32.0. The molecule has 0 aliphatic rings. The number of hydrogen-bond acceptors (Lipinski definition) is 2. The molecule has 0 aromatic carbocycles. The zero-order valence-corrected chi connectivity index (χ0v) is 22.7. The average molecular weight is 470 g/mol. The van der Waals surface area contributed by atoms with E-state index in [1.54, 1.807) is 7.05 Å². The van der Waals surface area contributed by atoms with Crippen molar-refractivity contribution in [1.29, 1.82) is 0 Å². The van der Waals surface area contributed by atoms with Crippen LogP contribution in [0.4, 0.5) is 0 Å². The van der Waals surface area contributed by atoms with E-state index in [0.29, 0.717) is 6.42 Å². The summed E-state index contributed by atoms with van der Waals surface area (Å²) in [5, 5.41) is 10.1. The van der Waals surface area contributed by atoms with E-state index in [0.717, 1.165) is 13.3 Å². The number of aliphatic carboxylic acids is 1. The molecule has 0 aromatic rings. The number of carboxylic acids is 1. The summed E-state index contributed by atoms with van der Waals surface area (Å²) in [5.41, 5.74) is 0. The van der Waals surface area contributed by atoms with Gasteiger partial charge in [-0.1, -0.05) is 148 Å². The molecular weight excluding hydrogens is 410 g/mol. The molecule has 0 unspecified atom stereocenters. The first-order valence-electron chi connectivity index (χ1n) is 14.4. The Labute approximate surface area is 207 Å². The van der Waals surface area contributed by atoms with Gasteiger partial charge in [-0.05, 0) is 6.42 Å². The Hall–Kier alpha value is -1.06. The molecule has 0 bridgehead atoms. The zero-order chi connectivity index (χ0) is 24.8. The van der Waals surface area contributed by atoms with Crippen molar-refractivity contribution < 1.29 is 14.7 Å². The van der Waals surface area contributed by atoms with Crippen LogP contribution in [0.1, 0.15) is 168 Å². The van der Waals surface area contributed by atoms with Gasteiger partial charge in [0.1, 0.15) is 0 Å². The predicted octanol–water partition coefficient (Wildman–Crippen LogP) is 9.21. The molecule has 0 aliphatic heterocycles. The van der Waals surface area contributed by atoms with Gasteiger partial charge >= 0.3 is 0 Å². The van der Waals surface area contributed by atoms with Gasteiger partial charge in [-0.3, -0.25) is 9.59 Å². The molecule has 0 atom stereocenters. The lowest BCUT2D eigenvalue weighted by molar-refractivity contribution is -0.134. The Morgan fingerprint density at radius 2 is 0.727 bits per heavy atom. The Morgan fingerprint density at radius 1 is 0.515 bits per heavy atom. The lowest BCUT2D eigenvalue weighted by Gasteiger charge is -2.04. The molecular formula is C29H59NO3. The van der Waals surface area contributed by atoms with Crippen LogP contribution in [0.15, 0.2) is 0 Å². The molecule has 0 rings (SSSR count). The lowest BCUT2D eigenvalue weighted by atomic mass is 10.0. The molecule has 4 heteroatoms. The average Bonchev–Trinajstić information content (AvgIpc) is 2.79. The quantitative estimate of drug-likeness (QED) is 0.138. The van der Waals surface area contributed by atoms with Crippen molar-refractivity contribution in [2.24, 2.45) is 0 Å². The van der Waals surface area contributed by atoms with Crippen LogP contribution in [-0.4, -0.2) is 24.0 Å². The lowest BCUT2D eigenvalue weighted by Crippen LogP contribution is -2.16. The molecule has 0 saturated carbocycles. The smallest absolute Gasteiger partial charge is 0.300 e. The van der Waals surface area contributed by atoms with Gasteiger partial charge in [0.2, 0.25) is 5.91 Å². The van der Waals surface area contributed by atoms with Gasteiger partial charge in [0.05, 0.1) is 0 Å². The van der Waals surface area contributed by atoms with Crippen molar-refractivity contribution in [2.45, 2.75) is 168 Å². The Bertz CT molecular complexity index is 394. The Balaban J connectivity index is 0. The molecule has 2 N–H and O–H groups in total. The highest BCUT2D eigenvalue weighted by Crippen LogP contribution is 2.15. The number of carboxylic acid groups (broad SMARTS) is 1. The second-order valence-electron chi connectivity index (χ2n) is 9.72. The molecule has 0 heterocycles. The normalized spacial score (nSPS) is 10.5. The summed E-state index contributed by atoms with van der Waals surface area (Å²) in [5.74, 6) is -0.645. The van der Waals surface area contributed by atoms with E-state index < -0.39 is 5.97 Å². The van der Waals surface area contributed by atoms with Crippen LogP contribution in [0.5, 0.6) is 0 Å². The van der Waals surface area contributed by atoms with Gasteiger partial charge in [-0.25, -0.2) is 0 Å².